The molecule has 0 spiro atoms. The zero-order valence-corrected chi connectivity index (χ0v) is 21.9. The molecule has 1 aliphatic carbocycles. The molecule has 1 aromatic heterocycles. The van der Waals surface area contributed by atoms with E-state index >= 15 is 0 Å². The maximum absolute atomic E-state index is 14.0. The molecular weight excluding hydrogens is 545 g/mol. The van der Waals surface area contributed by atoms with Crippen LogP contribution in [0.2, 0.25) is 0 Å². The first-order valence-electron chi connectivity index (χ1n) is 13.4. The topological polar surface area (TPSA) is 141 Å². The molecule has 220 valence electrons. The molecule has 0 unspecified atom stereocenters. The molecule has 4 N–H and O–H groups in total. The smallest absolute Gasteiger partial charge is 0.255 e. The zero-order valence-electron chi connectivity index (χ0n) is 21.9. The highest BCUT2D eigenvalue weighted by atomic mass is 19.2. The molecule has 10 nitrogen and oxygen atoms in total. The molecule has 7 atom stereocenters. The average Bonchev–Trinajstić information content (AvgIpc) is 3.45. The van der Waals surface area contributed by atoms with Crippen LogP contribution >= 0.6 is 0 Å². The van der Waals surface area contributed by atoms with Crippen molar-refractivity contribution >= 4 is 5.91 Å². The summed E-state index contributed by atoms with van der Waals surface area (Å²) in [6.07, 6.45) is -3.09. The number of hydrogen-bond donors (Lipinski definition) is 4. The SMILES string of the molecule is O=C([C@@H]1O[C@H](CO)[C@H](O)[C@H](n2cc(-c3cc(F)c(F)c(F)c3)nn2)[C@H]1O)N(Cc1ccccc1)[C@H]1CCCC[C@@H]1O. The second-order valence-electron chi connectivity index (χ2n) is 10.5. The van der Waals surface area contributed by atoms with E-state index in [-0.39, 0.29) is 17.8 Å². The summed E-state index contributed by atoms with van der Waals surface area (Å²) in [5.41, 5.74) is 0.558. The van der Waals surface area contributed by atoms with Crippen LogP contribution in [0.1, 0.15) is 37.3 Å². The lowest BCUT2D eigenvalue weighted by molar-refractivity contribution is -0.214. The Labute approximate surface area is 233 Å². The second-order valence-corrected chi connectivity index (χ2v) is 10.5. The molecule has 1 amide bonds. The molecule has 2 aromatic carbocycles. The summed E-state index contributed by atoms with van der Waals surface area (Å²) in [6, 6.07) is 8.66. The van der Waals surface area contributed by atoms with E-state index in [1.54, 1.807) is 0 Å². The first-order valence-corrected chi connectivity index (χ1v) is 13.4. The molecule has 5 rings (SSSR count). The minimum absolute atomic E-state index is 0.0897. The first-order chi connectivity index (χ1) is 19.7. The number of hydrogen-bond acceptors (Lipinski definition) is 8. The third kappa shape index (κ3) is 5.86. The van der Waals surface area contributed by atoms with Crippen molar-refractivity contribution in [3.63, 3.8) is 0 Å². The molecule has 2 fully saturated rings. The van der Waals surface area contributed by atoms with Crippen LogP contribution in [0.25, 0.3) is 11.3 Å². The van der Waals surface area contributed by atoms with Crippen LogP contribution in [0.4, 0.5) is 13.2 Å². The molecule has 0 bridgehead atoms. The van der Waals surface area contributed by atoms with Crippen LogP contribution in [-0.4, -0.2) is 89.4 Å². The average molecular weight is 577 g/mol. The predicted octanol–water partition coefficient (Wildman–Crippen LogP) is 1.72. The molecule has 1 saturated carbocycles. The van der Waals surface area contributed by atoms with Crippen molar-refractivity contribution in [3.05, 3.63) is 71.7 Å². The molecular formula is C28H31F3N4O6. The van der Waals surface area contributed by atoms with Crippen molar-refractivity contribution in [1.29, 1.82) is 0 Å². The molecule has 13 heteroatoms. The first kappa shape index (κ1) is 29.1. The van der Waals surface area contributed by atoms with Crippen molar-refractivity contribution in [2.24, 2.45) is 0 Å². The number of benzene rings is 2. The van der Waals surface area contributed by atoms with E-state index in [2.05, 4.69) is 10.3 Å². The maximum atomic E-state index is 14.0. The van der Waals surface area contributed by atoms with E-state index in [1.807, 2.05) is 30.3 Å². The number of aliphatic hydroxyl groups excluding tert-OH is 4. The number of halogens is 3. The quantitative estimate of drug-likeness (QED) is 0.312. The molecule has 1 aliphatic heterocycles. The van der Waals surface area contributed by atoms with Gasteiger partial charge in [-0.3, -0.25) is 4.79 Å². The second kappa shape index (κ2) is 12.2. The summed E-state index contributed by atoms with van der Waals surface area (Å²) in [7, 11) is 0. The highest BCUT2D eigenvalue weighted by Crippen LogP contribution is 2.34. The van der Waals surface area contributed by atoms with Gasteiger partial charge in [-0.2, -0.15) is 0 Å². The summed E-state index contributed by atoms with van der Waals surface area (Å²) in [6.45, 7) is -0.574. The van der Waals surface area contributed by atoms with Crippen molar-refractivity contribution in [1.82, 2.24) is 19.9 Å². The minimum atomic E-state index is -1.70. The summed E-state index contributed by atoms with van der Waals surface area (Å²) >= 11 is 0. The molecule has 3 aromatic rings. The third-order valence-electron chi connectivity index (χ3n) is 7.80. The van der Waals surface area contributed by atoms with Gasteiger partial charge >= 0.3 is 0 Å². The van der Waals surface area contributed by atoms with Gasteiger partial charge in [0.15, 0.2) is 23.6 Å². The van der Waals surface area contributed by atoms with Crippen molar-refractivity contribution in [2.45, 2.75) is 74.8 Å². The fraction of sp³-hybridized carbons (Fsp3) is 0.464. The Hall–Kier alpha value is -3.36. The third-order valence-corrected chi connectivity index (χ3v) is 7.80. The van der Waals surface area contributed by atoms with Gasteiger partial charge in [0.1, 0.15) is 30.0 Å². The number of rotatable bonds is 7. The van der Waals surface area contributed by atoms with Gasteiger partial charge < -0.3 is 30.1 Å². The standard InChI is InChI=1S/C28H31F3N4O6/c29-17-10-16(11-18(30)23(17)31)19-13-35(33-32-19)24-25(38)22(14-36)41-27(26(24)39)28(40)34(12-15-6-2-1-3-7-15)20-8-4-5-9-21(20)37/h1-3,6-7,10-11,13,20-22,24-27,36-39H,4-5,8-9,12,14H2/t20-,21-,22+,24-,25-,26+,27+/m0/s1. The fourth-order valence-electron chi connectivity index (χ4n) is 5.63. The van der Waals surface area contributed by atoms with Crippen LogP contribution in [0.3, 0.4) is 0 Å². The van der Waals surface area contributed by atoms with Crippen LogP contribution in [0, 0.1) is 17.5 Å². The number of carbonyl (C=O) groups excluding carboxylic acids is 1. The van der Waals surface area contributed by atoms with E-state index in [9.17, 15) is 38.4 Å². The summed E-state index contributed by atoms with van der Waals surface area (Å²) < 4.78 is 47.8. The van der Waals surface area contributed by atoms with E-state index in [0.717, 1.165) is 35.2 Å². The Morgan fingerprint density at radius 1 is 1.02 bits per heavy atom. The molecule has 41 heavy (non-hydrogen) atoms. The summed E-state index contributed by atoms with van der Waals surface area (Å²) in [4.78, 5) is 15.5. The Balaban J connectivity index is 1.46. The van der Waals surface area contributed by atoms with Gasteiger partial charge in [0.05, 0.1) is 24.9 Å². The highest BCUT2D eigenvalue weighted by molar-refractivity contribution is 5.82. The number of nitrogens with zero attached hydrogens (tertiary/aromatic N) is 4. The van der Waals surface area contributed by atoms with E-state index < -0.39 is 72.6 Å². The van der Waals surface area contributed by atoms with Crippen LogP contribution < -0.4 is 0 Å². The van der Waals surface area contributed by atoms with Crippen molar-refractivity contribution in [2.75, 3.05) is 6.61 Å². The predicted molar refractivity (Wildman–Crippen MR) is 137 cm³/mol. The number of amides is 1. The van der Waals surface area contributed by atoms with Crippen molar-refractivity contribution in [3.8, 4) is 11.3 Å². The van der Waals surface area contributed by atoms with E-state index in [4.69, 9.17) is 4.74 Å². The molecule has 1 saturated heterocycles. The Morgan fingerprint density at radius 3 is 2.37 bits per heavy atom. The zero-order chi connectivity index (χ0) is 29.3. The fourth-order valence-corrected chi connectivity index (χ4v) is 5.63. The Kier molecular flexibility index (Phi) is 8.71. The molecule has 0 radical (unpaired) electrons. The largest absolute Gasteiger partial charge is 0.394 e. The lowest BCUT2D eigenvalue weighted by Gasteiger charge is -2.45. The van der Waals surface area contributed by atoms with Gasteiger partial charge in [-0.05, 0) is 30.5 Å². The van der Waals surface area contributed by atoms with Crippen LogP contribution in [-0.2, 0) is 16.1 Å². The number of ether oxygens (including phenoxy) is 1. The van der Waals surface area contributed by atoms with E-state index in [0.29, 0.717) is 12.8 Å². The number of aromatic nitrogens is 3. The molecule has 2 aliphatic rings. The lowest BCUT2D eigenvalue weighted by Crippen LogP contribution is -2.62. The summed E-state index contributed by atoms with van der Waals surface area (Å²) in [5, 5.41) is 50.8. The van der Waals surface area contributed by atoms with E-state index in [1.165, 1.54) is 11.1 Å². The van der Waals surface area contributed by atoms with Gasteiger partial charge in [0.2, 0.25) is 0 Å². The summed E-state index contributed by atoms with van der Waals surface area (Å²) in [5.74, 6) is -5.16. The number of aliphatic hydroxyl groups is 4. The van der Waals surface area contributed by atoms with Crippen molar-refractivity contribution < 1.29 is 43.1 Å². The molecule has 2 heterocycles. The van der Waals surface area contributed by atoms with Crippen LogP contribution in [0.15, 0.2) is 48.7 Å². The van der Waals surface area contributed by atoms with Gasteiger partial charge in [0, 0.05) is 12.1 Å². The monoisotopic (exact) mass is 576 g/mol. The van der Waals surface area contributed by atoms with Crippen LogP contribution in [0.5, 0.6) is 0 Å². The lowest BCUT2D eigenvalue weighted by atomic mass is 9.88. The van der Waals surface area contributed by atoms with Gasteiger partial charge in [-0.1, -0.05) is 48.4 Å². The highest BCUT2D eigenvalue weighted by Gasteiger charge is 2.50. The number of carbonyl (C=O) groups is 1. The Bertz CT molecular complexity index is 1340. The van der Waals surface area contributed by atoms with Gasteiger partial charge in [-0.15, -0.1) is 5.10 Å². The van der Waals surface area contributed by atoms with Gasteiger partial charge in [-0.25, -0.2) is 17.9 Å². The normalized spacial score (nSPS) is 28.4. The van der Waals surface area contributed by atoms with Gasteiger partial charge in [0.25, 0.3) is 5.91 Å². The minimum Gasteiger partial charge on any atom is -0.394 e. The Morgan fingerprint density at radius 2 is 1.71 bits per heavy atom. The maximum Gasteiger partial charge on any atom is 0.255 e.